The van der Waals surface area contributed by atoms with Gasteiger partial charge in [0.15, 0.2) is 0 Å². The van der Waals surface area contributed by atoms with Crippen LogP contribution in [0.1, 0.15) is 13.8 Å². The Balaban J connectivity index is 1.99. The molecule has 106 valence electrons. The highest BCUT2D eigenvalue weighted by molar-refractivity contribution is 5.57. The maximum Gasteiger partial charge on any atom is 0.141 e. The van der Waals surface area contributed by atoms with Gasteiger partial charge in [-0.2, -0.15) is 0 Å². The average molecular weight is 270 g/mol. The lowest BCUT2D eigenvalue weighted by Crippen LogP contribution is -2.34. The summed E-state index contributed by atoms with van der Waals surface area (Å²) in [7, 11) is 1.69. The standard InChI is InChI=1S/C17H22N2O/c1-13(18-15-9-5-4-6-10-15)14(2)19-16-11-7-8-12-17(16)20-3/h4-14,18-19H,1-3H3/t13-,14-/m1/s1. The van der Waals surface area contributed by atoms with Crippen LogP contribution in [0.2, 0.25) is 0 Å². The summed E-state index contributed by atoms with van der Waals surface area (Å²) < 4.78 is 5.36. The molecule has 0 aliphatic heterocycles. The van der Waals surface area contributed by atoms with Crippen molar-refractivity contribution < 1.29 is 4.74 Å². The second-order valence-corrected chi connectivity index (χ2v) is 4.93. The van der Waals surface area contributed by atoms with E-state index in [4.69, 9.17) is 4.74 Å². The summed E-state index contributed by atoms with van der Waals surface area (Å²) in [5.41, 5.74) is 2.15. The minimum Gasteiger partial charge on any atom is -0.495 e. The fourth-order valence-electron chi connectivity index (χ4n) is 2.06. The Morgan fingerprint density at radius 3 is 2.10 bits per heavy atom. The summed E-state index contributed by atoms with van der Waals surface area (Å²) >= 11 is 0. The number of para-hydroxylation sites is 3. The molecule has 2 aromatic carbocycles. The molecule has 0 fully saturated rings. The van der Waals surface area contributed by atoms with Crippen LogP contribution in [0.5, 0.6) is 5.75 Å². The molecule has 2 aromatic rings. The van der Waals surface area contributed by atoms with Gasteiger partial charge < -0.3 is 15.4 Å². The van der Waals surface area contributed by atoms with Crippen LogP contribution in [0.3, 0.4) is 0 Å². The van der Waals surface area contributed by atoms with Gasteiger partial charge in [0, 0.05) is 17.8 Å². The van der Waals surface area contributed by atoms with E-state index in [1.807, 2.05) is 42.5 Å². The van der Waals surface area contributed by atoms with E-state index in [9.17, 15) is 0 Å². The van der Waals surface area contributed by atoms with E-state index in [2.05, 4.69) is 36.6 Å². The van der Waals surface area contributed by atoms with Gasteiger partial charge in [-0.25, -0.2) is 0 Å². The molecule has 0 aliphatic rings. The average Bonchev–Trinajstić information content (AvgIpc) is 2.48. The van der Waals surface area contributed by atoms with Crippen LogP contribution in [-0.4, -0.2) is 19.2 Å². The number of rotatable bonds is 6. The maximum absolute atomic E-state index is 5.36. The molecule has 2 N–H and O–H groups in total. The fourth-order valence-corrected chi connectivity index (χ4v) is 2.06. The largest absolute Gasteiger partial charge is 0.495 e. The summed E-state index contributed by atoms with van der Waals surface area (Å²) in [5.74, 6) is 0.867. The van der Waals surface area contributed by atoms with Gasteiger partial charge in [0.1, 0.15) is 5.75 Å². The van der Waals surface area contributed by atoms with Gasteiger partial charge in [-0.3, -0.25) is 0 Å². The molecule has 0 heterocycles. The predicted octanol–water partition coefficient (Wildman–Crippen LogP) is 4.00. The number of hydrogen-bond acceptors (Lipinski definition) is 3. The Bertz CT molecular complexity index is 528. The third-order valence-electron chi connectivity index (χ3n) is 3.41. The zero-order valence-electron chi connectivity index (χ0n) is 12.3. The molecule has 0 aromatic heterocycles. The van der Waals surface area contributed by atoms with E-state index in [0.717, 1.165) is 17.1 Å². The number of ether oxygens (including phenoxy) is 1. The minimum absolute atomic E-state index is 0.270. The Kier molecular flexibility index (Phi) is 4.88. The highest BCUT2D eigenvalue weighted by Crippen LogP contribution is 2.24. The molecule has 20 heavy (non-hydrogen) atoms. The lowest BCUT2D eigenvalue weighted by molar-refractivity contribution is 0.416. The molecule has 2 atom stereocenters. The van der Waals surface area contributed by atoms with Crippen molar-refractivity contribution in [2.24, 2.45) is 0 Å². The number of nitrogens with one attached hydrogen (secondary N) is 2. The van der Waals surface area contributed by atoms with Crippen LogP contribution < -0.4 is 15.4 Å². The van der Waals surface area contributed by atoms with Crippen LogP contribution in [0, 0.1) is 0 Å². The quantitative estimate of drug-likeness (QED) is 0.832. The molecule has 3 heteroatoms. The third-order valence-corrected chi connectivity index (χ3v) is 3.41. The van der Waals surface area contributed by atoms with Crippen molar-refractivity contribution in [3.63, 3.8) is 0 Å². The second-order valence-electron chi connectivity index (χ2n) is 4.93. The third kappa shape index (κ3) is 3.67. The van der Waals surface area contributed by atoms with Crippen LogP contribution in [0.4, 0.5) is 11.4 Å². The molecule has 0 bridgehead atoms. The molecule has 2 rings (SSSR count). The number of hydrogen-bond donors (Lipinski definition) is 2. The first kappa shape index (κ1) is 14.3. The van der Waals surface area contributed by atoms with Crippen molar-refractivity contribution in [1.29, 1.82) is 0 Å². The SMILES string of the molecule is COc1ccccc1N[C@H](C)[C@@H](C)Nc1ccccc1. The molecule has 3 nitrogen and oxygen atoms in total. The second kappa shape index (κ2) is 6.85. The first-order valence-electron chi connectivity index (χ1n) is 6.92. The van der Waals surface area contributed by atoms with Crippen molar-refractivity contribution >= 4 is 11.4 Å². The van der Waals surface area contributed by atoms with Crippen LogP contribution >= 0.6 is 0 Å². The van der Waals surface area contributed by atoms with E-state index >= 15 is 0 Å². The van der Waals surface area contributed by atoms with E-state index < -0.39 is 0 Å². The molecule has 0 saturated heterocycles. The minimum atomic E-state index is 0.270. The van der Waals surface area contributed by atoms with Crippen LogP contribution in [-0.2, 0) is 0 Å². The molecule has 0 radical (unpaired) electrons. The summed E-state index contributed by atoms with van der Waals surface area (Å²) in [5, 5.41) is 6.99. The molecular formula is C17H22N2O. The van der Waals surface area contributed by atoms with Crippen molar-refractivity contribution in [3.8, 4) is 5.75 Å². The maximum atomic E-state index is 5.36. The lowest BCUT2D eigenvalue weighted by atomic mass is 10.1. The fraction of sp³-hybridized carbons (Fsp3) is 0.294. The van der Waals surface area contributed by atoms with Crippen LogP contribution in [0.15, 0.2) is 54.6 Å². The van der Waals surface area contributed by atoms with Gasteiger partial charge >= 0.3 is 0 Å². The van der Waals surface area contributed by atoms with Gasteiger partial charge in [0.25, 0.3) is 0 Å². The number of benzene rings is 2. The zero-order valence-corrected chi connectivity index (χ0v) is 12.3. The van der Waals surface area contributed by atoms with Gasteiger partial charge in [-0.15, -0.1) is 0 Å². The van der Waals surface area contributed by atoms with Crippen molar-refractivity contribution in [3.05, 3.63) is 54.6 Å². The van der Waals surface area contributed by atoms with E-state index in [1.165, 1.54) is 0 Å². The molecule has 0 unspecified atom stereocenters. The van der Waals surface area contributed by atoms with Crippen molar-refractivity contribution in [2.45, 2.75) is 25.9 Å². The first-order chi connectivity index (χ1) is 9.70. The zero-order chi connectivity index (χ0) is 14.4. The topological polar surface area (TPSA) is 33.3 Å². The smallest absolute Gasteiger partial charge is 0.141 e. The normalized spacial score (nSPS) is 13.3. The lowest BCUT2D eigenvalue weighted by Gasteiger charge is -2.25. The molecular weight excluding hydrogens is 248 g/mol. The summed E-state index contributed by atoms with van der Waals surface area (Å²) in [6.07, 6.45) is 0. The van der Waals surface area contributed by atoms with Gasteiger partial charge in [0.05, 0.1) is 12.8 Å². The Hall–Kier alpha value is -2.16. The predicted molar refractivity (Wildman–Crippen MR) is 85.6 cm³/mol. The highest BCUT2D eigenvalue weighted by Gasteiger charge is 2.13. The summed E-state index contributed by atoms with van der Waals surface area (Å²) in [6, 6.07) is 18.8. The molecule has 0 spiro atoms. The van der Waals surface area contributed by atoms with E-state index in [-0.39, 0.29) is 6.04 Å². The summed E-state index contributed by atoms with van der Waals surface area (Å²) in [6.45, 7) is 4.33. The van der Waals surface area contributed by atoms with E-state index in [0.29, 0.717) is 6.04 Å². The van der Waals surface area contributed by atoms with Crippen molar-refractivity contribution in [2.75, 3.05) is 17.7 Å². The first-order valence-corrected chi connectivity index (χ1v) is 6.92. The number of anilines is 2. The molecule has 0 saturated carbocycles. The Labute approximate surface area is 121 Å². The monoisotopic (exact) mass is 270 g/mol. The van der Waals surface area contributed by atoms with Crippen molar-refractivity contribution in [1.82, 2.24) is 0 Å². The highest BCUT2D eigenvalue weighted by atomic mass is 16.5. The van der Waals surface area contributed by atoms with Crippen LogP contribution in [0.25, 0.3) is 0 Å². The number of methoxy groups -OCH3 is 1. The summed E-state index contributed by atoms with van der Waals surface area (Å²) in [4.78, 5) is 0. The van der Waals surface area contributed by atoms with Gasteiger partial charge in [-0.05, 0) is 38.1 Å². The Morgan fingerprint density at radius 1 is 0.800 bits per heavy atom. The molecule has 0 aliphatic carbocycles. The van der Waals surface area contributed by atoms with E-state index in [1.54, 1.807) is 7.11 Å². The molecule has 0 amide bonds. The Morgan fingerprint density at radius 2 is 1.40 bits per heavy atom. The van der Waals surface area contributed by atoms with Gasteiger partial charge in [0.2, 0.25) is 0 Å². The van der Waals surface area contributed by atoms with Gasteiger partial charge in [-0.1, -0.05) is 30.3 Å².